The van der Waals surface area contributed by atoms with Gasteiger partial charge in [0, 0.05) is 21.9 Å². The maximum Gasteiger partial charge on any atom is 0.224 e. The topological polar surface area (TPSA) is 29.1 Å². The van der Waals surface area contributed by atoms with Crippen LogP contribution in [-0.4, -0.2) is 12.5 Å². The standard InChI is InChI=1S/C16H16ClNOS/c17-13-5-3-12(4-6-13)10-15(19)18-11-16(7-8-16)14-2-1-9-20-14/h1-6,9H,7-8,10-11H2,(H,18,19). The number of hydrogen-bond donors (Lipinski definition) is 1. The van der Waals surface area contributed by atoms with E-state index in [9.17, 15) is 4.79 Å². The van der Waals surface area contributed by atoms with Gasteiger partial charge >= 0.3 is 0 Å². The third kappa shape index (κ3) is 3.05. The molecule has 1 heterocycles. The van der Waals surface area contributed by atoms with E-state index in [1.54, 1.807) is 11.3 Å². The third-order valence-electron chi connectivity index (χ3n) is 3.80. The predicted molar refractivity (Wildman–Crippen MR) is 83.4 cm³/mol. The molecule has 4 heteroatoms. The van der Waals surface area contributed by atoms with Crippen molar-refractivity contribution in [2.45, 2.75) is 24.7 Å². The highest BCUT2D eigenvalue weighted by Gasteiger charge is 2.45. The Balaban J connectivity index is 1.54. The van der Waals surface area contributed by atoms with Crippen LogP contribution >= 0.6 is 22.9 Å². The van der Waals surface area contributed by atoms with E-state index >= 15 is 0 Å². The maximum atomic E-state index is 12.0. The van der Waals surface area contributed by atoms with Crippen molar-refractivity contribution in [3.63, 3.8) is 0 Å². The number of halogens is 1. The van der Waals surface area contributed by atoms with E-state index < -0.39 is 0 Å². The summed E-state index contributed by atoms with van der Waals surface area (Å²) in [4.78, 5) is 13.4. The van der Waals surface area contributed by atoms with Crippen LogP contribution in [0.25, 0.3) is 0 Å². The molecule has 0 aliphatic heterocycles. The van der Waals surface area contributed by atoms with Crippen molar-refractivity contribution in [2.24, 2.45) is 0 Å². The van der Waals surface area contributed by atoms with Crippen molar-refractivity contribution in [2.75, 3.05) is 6.54 Å². The van der Waals surface area contributed by atoms with E-state index in [0.717, 1.165) is 12.1 Å². The zero-order chi connectivity index (χ0) is 14.0. The fraction of sp³-hybridized carbons (Fsp3) is 0.312. The number of benzene rings is 1. The fourth-order valence-electron chi connectivity index (χ4n) is 2.36. The summed E-state index contributed by atoms with van der Waals surface area (Å²) in [5, 5.41) is 5.87. The molecule has 0 spiro atoms. The first-order chi connectivity index (χ1) is 9.68. The molecule has 1 saturated carbocycles. The molecule has 0 unspecified atom stereocenters. The lowest BCUT2D eigenvalue weighted by Gasteiger charge is -2.14. The van der Waals surface area contributed by atoms with Gasteiger partial charge in [-0.05, 0) is 42.0 Å². The molecule has 1 aliphatic carbocycles. The summed E-state index contributed by atoms with van der Waals surface area (Å²) in [5.41, 5.74) is 1.21. The Kier molecular flexibility index (Phi) is 3.81. The minimum atomic E-state index is 0.0788. The van der Waals surface area contributed by atoms with Gasteiger partial charge in [0.05, 0.1) is 6.42 Å². The second-order valence-electron chi connectivity index (χ2n) is 5.34. The maximum absolute atomic E-state index is 12.0. The molecule has 20 heavy (non-hydrogen) atoms. The van der Waals surface area contributed by atoms with Gasteiger partial charge in [0.2, 0.25) is 5.91 Å². The molecule has 0 atom stereocenters. The Morgan fingerprint density at radius 2 is 2.00 bits per heavy atom. The first kappa shape index (κ1) is 13.7. The SMILES string of the molecule is O=C(Cc1ccc(Cl)cc1)NCC1(c2cccs2)CC1. The molecule has 2 aromatic rings. The van der Waals surface area contributed by atoms with Crippen molar-refractivity contribution >= 4 is 28.8 Å². The summed E-state index contributed by atoms with van der Waals surface area (Å²) < 4.78 is 0. The van der Waals surface area contributed by atoms with Crippen molar-refractivity contribution < 1.29 is 4.79 Å². The molecule has 0 radical (unpaired) electrons. The number of carbonyl (C=O) groups is 1. The molecular formula is C16H16ClNOS. The van der Waals surface area contributed by atoms with Crippen LogP contribution in [0, 0.1) is 0 Å². The molecule has 1 N–H and O–H groups in total. The minimum absolute atomic E-state index is 0.0788. The van der Waals surface area contributed by atoms with Gasteiger partial charge in [-0.25, -0.2) is 0 Å². The summed E-state index contributed by atoms with van der Waals surface area (Å²) in [5.74, 6) is 0.0788. The van der Waals surface area contributed by atoms with Crippen LogP contribution in [0.4, 0.5) is 0 Å². The van der Waals surface area contributed by atoms with Crippen LogP contribution in [0.2, 0.25) is 5.02 Å². The van der Waals surface area contributed by atoms with Crippen molar-refractivity contribution in [3.8, 4) is 0 Å². The van der Waals surface area contributed by atoms with Crippen molar-refractivity contribution in [3.05, 3.63) is 57.2 Å². The monoisotopic (exact) mass is 305 g/mol. The summed E-state index contributed by atoms with van der Waals surface area (Å²) in [6.45, 7) is 0.750. The molecule has 1 amide bonds. The van der Waals surface area contributed by atoms with E-state index in [1.165, 1.54) is 17.7 Å². The summed E-state index contributed by atoms with van der Waals surface area (Å²) in [6, 6.07) is 11.7. The van der Waals surface area contributed by atoms with Gasteiger partial charge in [0.1, 0.15) is 0 Å². The highest BCUT2D eigenvalue weighted by Crippen LogP contribution is 2.49. The van der Waals surface area contributed by atoms with E-state index in [4.69, 9.17) is 11.6 Å². The number of amides is 1. The second-order valence-corrected chi connectivity index (χ2v) is 6.72. The van der Waals surface area contributed by atoms with Gasteiger partial charge in [-0.3, -0.25) is 4.79 Å². The molecule has 1 fully saturated rings. The van der Waals surface area contributed by atoms with Gasteiger partial charge in [-0.15, -0.1) is 11.3 Å². The Labute approximate surface area is 127 Å². The van der Waals surface area contributed by atoms with Crippen LogP contribution in [0.3, 0.4) is 0 Å². The molecule has 1 aromatic heterocycles. The Morgan fingerprint density at radius 3 is 2.60 bits per heavy atom. The minimum Gasteiger partial charge on any atom is -0.355 e. The predicted octanol–water partition coefficient (Wildman–Crippen LogP) is 3.79. The number of thiophene rings is 1. The van der Waals surface area contributed by atoms with Crippen LogP contribution in [0.15, 0.2) is 41.8 Å². The van der Waals surface area contributed by atoms with Gasteiger partial charge in [-0.1, -0.05) is 29.8 Å². The van der Waals surface area contributed by atoms with E-state index in [2.05, 4.69) is 22.8 Å². The van der Waals surface area contributed by atoms with Gasteiger partial charge in [-0.2, -0.15) is 0 Å². The van der Waals surface area contributed by atoms with E-state index in [1.807, 2.05) is 24.3 Å². The highest BCUT2D eigenvalue weighted by molar-refractivity contribution is 7.10. The smallest absolute Gasteiger partial charge is 0.224 e. The lowest BCUT2D eigenvalue weighted by molar-refractivity contribution is -0.120. The molecule has 0 bridgehead atoms. The first-order valence-corrected chi connectivity index (χ1v) is 7.99. The molecule has 104 valence electrons. The number of rotatable bonds is 5. The summed E-state index contributed by atoms with van der Waals surface area (Å²) >= 11 is 7.62. The van der Waals surface area contributed by atoms with E-state index in [0.29, 0.717) is 11.4 Å². The van der Waals surface area contributed by atoms with Gasteiger partial charge in [0.15, 0.2) is 0 Å². The average Bonchev–Trinajstić information content (AvgIpc) is 3.03. The summed E-state index contributed by atoms with van der Waals surface area (Å²) in [7, 11) is 0. The zero-order valence-electron chi connectivity index (χ0n) is 11.1. The Morgan fingerprint density at radius 1 is 1.25 bits per heavy atom. The molecule has 0 saturated heterocycles. The largest absolute Gasteiger partial charge is 0.355 e. The van der Waals surface area contributed by atoms with Crippen LogP contribution in [-0.2, 0) is 16.6 Å². The lowest BCUT2D eigenvalue weighted by atomic mass is 10.1. The Bertz CT molecular complexity index is 587. The van der Waals surface area contributed by atoms with Gasteiger partial charge < -0.3 is 5.32 Å². The first-order valence-electron chi connectivity index (χ1n) is 6.73. The average molecular weight is 306 g/mol. The second kappa shape index (κ2) is 5.58. The number of nitrogens with one attached hydrogen (secondary N) is 1. The summed E-state index contributed by atoms with van der Waals surface area (Å²) in [6.07, 6.45) is 2.77. The van der Waals surface area contributed by atoms with Crippen molar-refractivity contribution in [1.29, 1.82) is 0 Å². The van der Waals surface area contributed by atoms with Gasteiger partial charge in [0.25, 0.3) is 0 Å². The number of hydrogen-bond acceptors (Lipinski definition) is 2. The molecule has 2 nitrogen and oxygen atoms in total. The van der Waals surface area contributed by atoms with E-state index in [-0.39, 0.29) is 11.3 Å². The number of carbonyl (C=O) groups excluding carboxylic acids is 1. The van der Waals surface area contributed by atoms with Crippen LogP contribution < -0.4 is 5.32 Å². The molecule has 1 aliphatic rings. The zero-order valence-corrected chi connectivity index (χ0v) is 12.6. The Hall–Kier alpha value is -1.32. The quantitative estimate of drug-likeness (QED) is 0.894. The lowest BCUT2D eigenvalue weighted by Crippen LogP contribution is -2.32. The van der Waals surface area contributed by atoms with Crippen LogP contribution in [0.1, 0.15) is 23.3 Å². The normalized spacial score (nSPS) is 15.8. The van der Waals surface area contributed by atoms with Crippen molar-refractivity contribution in [1.82, 2.24) is 5.32 Å². The molecular weight excluding hydrogens is 290 g/mol. The fourth-order valence-corrected chi connectivity index (χ4v) is 3.47. The third-order valence-corrected chi connectivity index (χ3v) is 5.17. The highest BCUT2D eigenvalue weighted by atomic mass is 35.5. The molecule has 3 rings (SSSR count). The molecule has 1 aromatic carbocycles. The van der Waals surface area contributed by atoms with Crippen LogP contribution in [0.5, 0.6) is 0 Å².